The third-order valence-electron chi connectivity index (χ3n) is 2.60. The lowest BCUT2D eigenvalue weighted by atomic mass is 10.2. The Morgan fingerprint density at radius 2 is 2.00 bits per heavy atom. The van der Waals surface area contributed by atoms with Gasteiger partial charge < -0.3 is 4.74 Å². The van der Waals surface area contributed by atoms with Gasteiger partial charge in [-0.1, -0.05) is 18.2 Å². The fraction of sp³-hybridized carbons (Fsp3) is 0.214. The summed E-state index contributed by atoms with van der Waals surface area (Å²) in [6, 6.07) is 11.6. The Bertz CT molecular complexity index is 525. The van der Waals surface area contributed by atoms with E-state index in [0.717, 1.165) is 22.6 Å². The van der Waals surface area contributed by atoms with Crippen molar-refractivity contribution >= 4 is 11.6 Å². The van der Waals surface area contributed by atoms with E-state index in [1.807, 2.05) is 50.2 Å². The van der Waals surface area contributed by atoms with Crippen LogP contribution in [0.2, 0.25) is 0 Å². The van der Waals surface area contributed by atoms with E-state index < -0.39 is 0 Å². The number of aromatic nitrogens is 1. The van der Waals surface area contributed by atoms with E-state index >= 15 is 0 Å². The van der Waals surface area contributed by atoms with Crippen LogP contribution < -0.4 is 4.74 Å². The van der Waals surface area contributed by atoms with E-state index in [9.17, 15) is 0 Å². The van der Waals surface area contributed by atoms with Crippen molar-refractivity contribution in [2.24, 2.45) is 0 Å². The first-order valence-electron chi connectivity index (χ1n) is 5.46. The van der Waals surface area contributed by atoms with Gasteiger partial charge in [-0.05, 0) is 37.1 Å². The molecule has 0 bridgehead atoms. The zero-order valence-electron chi connectivity index (χ0n) is 9.90. The van der Waals surface area contributed by atoms with Crippen molar-refractivity contribution in [1.82, 2.24) is 4.98 Å². The molecule has 0 fully saturated rings. The maximum atomic E-state index is 5.78. The van der Waals surface area contributed by atoms with Crippen molar-refractivity contribution in [3.63, 3.8) is 0 Å². The molecule has 0 aliphatic carbocycles. The molecule has 0 atom stereocenters. The zero-order chi connectivity index (χ0) is 12.3. The lowest BCUT2D eigenvalue weighted by molar-refractivity contribution is 0.461. The van der Waals surface area contributed by atoms with Crippen LogP contribution in [0.4, 0.5) is 0 Å². The van der Waals surface area contributed by atoms with Crippen LogP contribution in [0.5, 0.6) is 11.6 Å². The first-order chi connectivity index (χ1) is 8.19. The molecule has 3 heteroatoms. The lowest BCUT2D eigenvalue weighted by Crippen LogP contribution is -1.92. The van der Waals surface area contributed by atoms with Gasteiger partial charge in [0.05, 0.1) is 0 Å². The average Bonchev–Trinajstić information content (AvgIpc) is 2.34. The van der Waals surface area contributed by atoms with E-state index in [2.05, 4.69) is 4.98 Å². The average molecular weight is 248 g/mol. The molecule has 0 saturated heterocycles. The van der Waals surface area contributed by atoms with Gasteiger partial charge in [0.15, 0.2) is 0 Å². The number of hydrogen-bond donors (Lipinski definition) is 0. The summed E-state index contributed by atoms with van der Waals surface area (Å²) in [4.78, 5) is 4.37. The highest BCUT2D eigenvalue weighted by molar-refractivity contribution is 6.17. The maximum absolute atomic E-state index is 5.78. The van der Waals surface area contributed by atoms with Crippen LogP contribution in [0.1, 0.15) is 16.8 Å². The van der Waals surface area contributed by atoms with Crippen LogP contribution >= 0.6 is 11.6 Å². The Kier molecular flexibility index (Phi) is 3.64. The first kappa shape index (κ1) is 11.9. The molecule has 1 aromatic carbocycles. The molecule has 88 valence electrons. The highest BCUT2D eigenvalue weighted by atomic mass is 35.5. The van der Waals surface area contributed by atoms with E-state index in [4.69, 9.17) is 16.3 Å². The summed E-state index contributed by atoms with van der Waals surface area (Å²) in [5, 5.41) is 0. The molecule has 0 spiro atoms. The van der Waals surface area contributed by atoms with Crippen LogP contribution in [0.15, 0.2) is 36.4 Å². The molecule has 0 saturated carbocycles. The van der Waals surface area contributed by atoms with Gasteiger partial charge in [0, 0.05) is 17.6 Å². The van der Waals surface area contributed by atoms with E-state index in [-0.39, 0.29) is 0 Å². The SMILES string of the molecule is Cc1ccc(Oc2cccc(CCl)c2)nc1C. The van der Waals surface area contributed by atoms with Gasteiger partial charge in [-0.25, -0.2) is 4.98 Å². The molecule has 0 aliphatic rings. The molecule has 2 rings (SSSR count). The highest BCUT2D eigenvalue weighted by Gasteiger charge is 2.01. The minimum absolute atomic E-state index is 0.484. The molecule has 17 heavy (non-hydrogen) atoms. The summed E-state index contributed by atoms with van der Waals surface area (Å²) in [7, 11) is 0. The predicted octanol–water partition coefficient (Wildman–Crippen LogP) is 4.23. The monoisotopic (exact) mass is 247 g/mol. The molecule has 2 aromatic rings. The molecule has 0 unspecified atom stereocenters. The normalized spacial score (nSPS) is 10.3. The number of alkyl halides is 1. The molecular weight excluding hydrogens is 234 g/mol. The number of hydrogen-bond acceptors (Lipinski definition) is 2. The predicted molar refractivity (Wildman–Crippen MR) is 69.8 cm³/mol. The van der Waals surface area contributed by atoms with Crippen LogP contribution in [0.3, 0.4) is 0 Å². The van der Waals surface area contributed by atoms with Crippen LogP contribution in [0, 0.1) is 13.8 Å². The minimum Gasteiger partial charge on any atom is -0.439 e. The summed E-state index contributed by atoms with van der Waals surface area (Å²) in [6.07, 6.45) is 0. The first-order valence-corrected chi connectivity index (χ1v) is 5.99. The number of ether oxygens (including phenoxy) is 1. The molecule has 1 heterocycles. The topological polar surface area (TPSA) is 22.1 Å². The Hall–Kier alpha value is -1.54. The number of aryl methyl sites for hydroxylation is 2. The van der Waals surface area contributed by atoms with Gasteiger partial charge >= 0.3 is 0 Å². The van der Waals surface area contributed by atoms with Gasteiger partial charge in [-0.15, -0.1) is 11.6 Å². The molecule has 2 nitrogen and oxygen atoms in total. The summed E-state index contributed by atoms with van der Waals surface area (Å²) >= 11 is 5.78. The number of halogens is 1. The van der Waals surface area contributed by atoms with Crippen molar-refractivity contribution in [3.8, 4) is 11.6 Å². The van der Waals surface area contributed by atoms with Crippen molar-refractivity contribution < 1.29 is 4.74 Å². The fourth-order valence-corrected chi connectivity index (χ4v) is 1.64. The third kappa shape index (κ3) is 2.98. The molecule has 0 N–H and O–H groups in total. The summed E-state index contributed by atoms with van der Waals surface area (Å²) < 4.78 is 5.69. The molecule has 0 radical (unpaired) electrons. The number of pyridine rings is 1. The largest absolute Gasteiger partial charge is 0.439 e. The van der Waals surface area contributed by atoms with E-state index in [0.29, 0.717) is 11.8 Å². The summed E-state index contributed by atoms with van der Waals surface area (Å²) in [6.45, 7) is 4.00. The van der Waals surface area contributed by atoms with Crippen molar-refractivity contribution in [2.45, 2.75) is 19.7 Å². The van der Waals surface area contributed by atoms with Crippen molar-refractivity contribution in [3.05, 3.63) is 53.2 Å². The molecular formula is C14H14ClNO. The fourth-order valence-electron chi connectivity index (χ4n) is 1.48. The molecule has 1 aromatic heterocycles. The van der Waals surface area contributed by atoms with E-state index in [1.165, 1.54) is 0 Å². The van der Waals surface area contributed by atoms with Gasteiger partial charge in [-0.2, -0.15) is 0 Å². The van der Waals surface area contributed by atoms with Gasteiger partial charge in [0.1, 0.15) is 5.75 Å². The maximum Gasteiger partial charge on any atom is 0.219 e. The molecule has 0 amide bonds. The quantitative estimate of drug-likeness (QED) is 0.758. The number of nitrogens with zero attached hydrogens (tertiary/aromatic N) is 1. The second-order valence-corrected chi connectivity index (χ2v) is 4.20. The number of benzene rings is 1. The third-order valence-corrected chi connectivity index (χ3v) is 2.91. The van der Waals surface area contributed by atoms with Crippen LogP contribution in [-0.4, -0.2) is 4.98 Å². The van der Waals surface area contributed by atoms with Gasteiger partial charge in [0.2, 0.25) is 5.88 Å². The Labute approximate surface area is 106 Å². The second-order valence-electron chi connectivity index (χ2n) is 3.93. The highest BCUT2D eigenvalue weighted by Crippen LogP contribution is 2.22. The van der Waals surface area contributed by atoms with Crippen LogP contribution in [-0.2, 0) is 5.88 Å². The zero-order valence-corrected chi connectivity index (χ0v) is 10.7. The number of rotatable bonds is 3. The standard InChI is InChI=1S/C14H14ClNO/c1-10-6-7-14(16-11(10)2)17-13-5-3-4-12(8-13)9-15/h3-8H,9H2,1-2H3. The smallest absolute Gasteiger partial charge is 0.219 e. The lowest BCUT2D eigenvalue weighted by Gasteiger charge is -2.07. The summed E-state index contributed by atoms with van der Waals surface area (Å²) in [5.41, 5.74) is 3.18. The van der Waals surface area contributed by atoms with Gasteiger partial charge in [0.25, 0.3) is 0 Å². The Balaban J connectivity index is 2.22. The Morgan fingerprint density at radius 3 is 2.71 bits per heavy atom. The molecule has 0 aliphatic heterocycles. The van der Waals surface area contributed by atoms with Crippen molar-refractivity contribution in [1.29, 1.82) is 0 Å². The minimum atomic E-state index is 0.484. The van der Waals surface area contributed by atoms with Crippen LogP contribution in [0.25, 0.3) is 0 Å². The second kappa shape index (κ2) is 5.19. The van der Waals surface area contributed by atoms with Gasteiger partial charge in [-0.3, -0.25) is 0 Å². The van der Waals surface area contributed by atoms with E-state index in [1.54, 1.807) is 0 Å². The van der Waals surface area contributed by atoms with Crippen molar-refractivity contribution in [2.75, 3.05) is 0 Å². The Morgan fingerprint density at radius 1 is 1.18 bits per heavy atom. The summed E-state index contributed by atoms with van der Waals surface area (Å²) in [5.74, 6) is 1.86.